The molecule has 2 rings (SSSR count). The zero-order chi connectivity index (χ0) is 18.9. The van der Waals surface area contributed by atoms with Gasteiger partial charge in [-0.3, -0.25) is 9.59 Å². The summed E-state index contributed by atoms with van der Waals surface area (Å²) in [6, 6.07) is -0.561. The molecule has 0 radical (unpaired) electrons. The van der Waals surface area contributed by atoms with Crippen molar-refractivity contribution >= 4 is 17.7 Å². The van der Waals surface area contributed by atoms with Crippen LogP contribution in [0.5, 0.6) is 0 Å². The molecule has 1 amide bonds. The van der Waals surface area contributed by atoms with Gasteiger partial charge in [0.15, 0.2) is 5.78 Å². The highest BCUT2D eigenvalue weighted by Crippen LogP contribution is 2.32. The Kier molecular flexibility index (Phi) is 5.70. The number of hydrogen-bond acceptors (Lipinski definition) is 4. The first-order valence-electron chi connectivity index (χ1n) is 8.81. The van der Waals surface area contributed by atoms with E-state index in [-0.39, 0.29) is 23.5 Å². The van der Waals surface area contributed by atoms with Gasteiger partial charge in [-0.05, 0) is 45.1 Å². The molecule has 1 N–H and O–H groups in total. The number of rotatable bonds is 7. The van der Waals surface area contributed by atoms with Crippen molar-refractivity contribution in [1.29, 1.82) is 0 Å². The molecule has 0 aliphatic heterocycles. The summed E-state index contributed by atoms with van der Waals surface area (Å²) in [7, 11) is 1.31. The summed E-state index contributed by atoms with van der Waals surface area (Å²) in [5.41, 5.74) is 1.97. The second-order valence-corrected chi connectivity index (χ2v) is 7.32. The number of ketones is 1. The van der Waals surface area contributed by atoms with Crippen LogP contribution in [0.1, 0.15) is 65.7 Å². The lowest BCUT2D eigenvalue weighted by Crippen LogP contribution is -2.46. The summed E-state index contributed by atoms with van der Waals surface area (Å²) in [6.45, 7) is 9.88. The van der Waals surface area contributed by atoms with Crippen molar-refractivity contribution in [2.24, 2.45) is 11.8 Å². The predicted molar refractivity (Wildman–Crippen MR) is 94.7 cm³/mol. The van der Waals surface area contributed by atoms with Gasteiger partial charge in [0.25, 0.3) is 0 Å². The number of methoxy groups -OCH3 is 1. The van der Waals surface area contributed by atoms with Crippen molar-refractivity contribution in [2.45, 2.75) is 53.5 Å². The monoisotopic (exact) mass is 348 g/mol. The molecule has 0 unspecified atom stereocenters. The highest BCUT2D eigenvalue weighted by Gasteiger charge is 2.38. The van der Waals surface area contributed by atoms with Gasteiger partial charge in [0.05, 0.1) is 13.2 Å². The molecule has 1 heterocycles. The fraction of sp³-hybridized carbons (Fsp3) is 0.632. The zero-order valence-corrected chi connectivity index (χ0v) is 15.9. The number of Topliss-reactive ketones (excluding diaryl/α,β-unsaturated/α-hetero) is 1. The summed E-state index contributed by atoms with van der Waals surface area (Å²) in [6.07, 6.45) is 1.81. The van der Waals surface area contributed by atoms with E-state index in [1.165, 1.54) is 7.11 Å². The SMILES string of the molecule is COC(=O)c1[nH]c(C)c(C(=O)[C@@H](C)N(CC(C)C)C(=O)C2CC2)c1C. The standard InChI is InChI=1S/C19H28N2O4/c1-10(2)9-21(18(23)14-7-8-14)13(5)17(22)15-11(3)16(19(24)25-6)20-12(15)4/h10,13-14,20H,7-9H2,1-6H3/t13-/m1/s1. The second-order valence-electron chi connectivity index (χ2n) is 7.32. The Bertz CT molecular complexity index is 686. The molecule has 0 aromatic carbocycles. The van der Waals surface area contributed by atoms with Gasteiger partial charge in [-0.25, -0.2) is 4.79 Å². The first-order chi connectivity index (χ1) is 11.7. The Hall–Kier alpha value is -2.11. The number of aromatic nitrogens is 1. The van der Waals surface area contributed by atoms with Gasteiger partial charge < -0.3 is 14.6 Å². The summed E-state index contributed by atoms with van der Waals surface area (Å²) >= 11 is 0. The van der Waals surface area contributed by atoms with Crippen LogP contribution in [0.3, 0.4) is 0 Å². The third kappa shape index (κ3) is 3.94. The molecule has 138 valence electrons. The van der Waals surface area contributed by atoms with Crippen LogP contribution in [0.2, 0.25) is 0 Å². The fourth-order valence-corrected chi connectivity index (χ4v) is 3.17. The van der Waals surface area contributed by atoms with Gasteiger partial charge in [0.1, 0.15) is 5.69 Å². The first kappa shape index (κ1) is 19.2. The minimum Gasteiger partial charge on any atom is -0.464 e. The lowest BCUT2D eigenvalue weighted by molar-refractivity contribution is -0.134. The van der Waals surface area contributed by atoms with E-state index in [0.717, 1.165) is 12.8 Å². The van der Waals surface area contributed by atoms with Crippen LogP contribution in [0.15, 0.2) is 0 Å². The first-order valence-corrected chi connectivity index (χ1v) is 8.81. The molecule has 1 atom stereocenters. The van der Waals surface area contributed by atoms with Gasteiger partial charge in [-0.2, -0.15) is 0 Å². The number of ether oxygens (including phenoxy) is 1. The van der Waals surface area contributed by atoms with Crippen molar-refractivity contribution < 1.29 is 19.1 Å². The van der Waals surface area contributed by atoms with Crippen molar-refractivity contribution in [1.82, 2.24) is 9.88 Å². The quantitative estimate of drug-likeness (QED) is 0.607. The van der Waals surface area contributed by atoms with Crippen molar-refractivity contribution in [3.05, 3.63) is 22.5 Å². The van der Waals surface area contributed by atoms with Crippen LogP contribution >= 0.6 is 0 Å². The van der Waals surface area contributed by atoms with Gasteiger partial charge in [-0.1, -0.05) is 13.8 Å². The van der Waals surface area contributed by atoms with Crippen LogP contribution < -0.4 is 0 Å². The van der Waals surface area contributed by atoms with Gasteiger partial charge >= 0.3 is 5.97 Å². The van der Waals surface area contributed by atoms with Gasteiger partial charge in [0, 0.05) is 23.7 Å². The number of nitrogens with zero attached hydrogens (tertiary/aromatic N) is 1. The summed E-state index contributed by atoms with van der Waals surface area (Å²) in [5, 5.41) is 0. The highest BCUT2D eigenvalue weighted by atomic mass is 16.5. The zero-order valence-electron chi connectivity index (χ0n) is 15.9. The smallest absolute Gasteiger partial charge is 0.354 e. The molecule has 1 aromatic rings. The maximum absolute atomic E-state index is 13.1. The third-order valence-corrected chi connectivity index (χ3v) is 4.69. The molecule has 6 heteroatoms. The number of aryl methyl sites for hydroxylation is 1. The van der Waals surface area contributed by atoms with E-state index in [1.807, 2.05) is 13.8 Å². The molecule has 1 aliphatic carbocycles. The Balaban J connectivity index is 2.32. The van der Waals surface area contributed by atoms with Crippen LogP contribution in [0.25, 0.3) is 0 Å². The summed E-state index contributed by atoms with van der Waals surface area (Å²) in [4.78, 5) is 42.3. The molecule has 1 aromatic heterocycles. The highest BCUT2D eigenvalue weighted by molar-refractivity contribution is 6.06. The number of H-pyrrole nitrogens is 1. The average molecular weight is 348 g/mol. The molecule has 0 bridgehead atoms. The van der Waals surface area contributed by atoms with E-state index < -0.39 is 12.0 Å². The number of carbonyl (C=O) groups is 3. The molecule has 25 heavy (non-hydrogen) atoms. The number of aromatic amines is 1. The Morgan fingerprint density at radius 1 is 1.20 bits per heavy atom. The lowest BCUT2D eigenvalue weighted by atomic mass is 9.98. The molecule has 0 spiro atoms. The molecular formula is C19H28N2O4. The normalized spacial score (nSPS) is 15.2. The number of esters is 1. The van der Waals surface area contributed by atoms with E-state index in [2.05, 4.69) is 4.98 Å². The van der Waals surface area contributed by atoms with E-state index in [4.69, 9.17) is 4.74 Å². The lowest BCUT2D eigenvalue weighted by Gasteiger charge is -2.30. The van der Waals surface area contributed by atoms with E-state index in [1.54, 1.807) is 25.7 Å². The second kappa shape index (κ2) is 7.42. The maximum atomic E-state index is 13.1. The fourth-order valence-electron chi connectivity index (χ4n) is 3.17. The Labute approximate surface area is 148 Å². The van der Waals surface area contributed by atoms with Gasteiger partial charge in [0.2, 0.25) is 5.91 Å². The van der Waals surface area contributed by atoms with Crippen LogP contribution in [-0.2, 0) is 9.53 Å². The molecule has 1 saturated carbocycles. The summed E-state index contributed by atoms with van der Waals surface area (Å²) < 4.78 is 4.76. The molecule has 1 aliphatic rings. The molecular weight excluding hydrogens is 320 g/mol. The van der Waals surface area contributed by atoms with E-state index >= 15 is 0 Å². The average Bonchev–Trinajstić information content (AvgIpc) is 3.36. The van der Waals surface area contributed by atoms with Crippen molar-refractivity contribution in [3.8, 4) is 0 Å². The third-order valence-electron chi connectivity index (χ3n) is 4.69. The minimum absolute atomic E-state index is 0.0630. The maximum Gasteiger partial charge on any atom is 0.354 e. The number of nitrogens with one attached hydrogen (secondary N) is 1. The molecule has 6 nitrogen and oxygen atoms in total. The predicted octanol–water partition coefficient (Wildman–Crippen LogP) is 2.88. The van der Waals surface area contributed by atoms with Crippen LogP contribution in [0.4, 0.5) is 0 Å². The molecule has 0 saturated heterocycles. The largest absolute Gasteiger partial charge is 0.464 e. The van der Waals surface area contributed by atoms with Crippen molar-refractivity contribution in [3.63, 3.8) is 0 Å². The number of carbonyl (C=O) groups excluding carboxylic acids is 3. The topological polar surface area (TPSA) is 79.5 Å². The summed E-state index contributed by atoms with van der Waals surface area (Å²) in [5.74, 6) is -0.241. The minimum atomic E-state index is -0.561. The Morgan fingerprint density at radius 2 is 1.80 bits per heavy atom. The van der Waals surface area contributed by atoms with E-state index in [9.17, 15) is 14.4 Å². The number of hydrogen-bond donors (Lipinski definition) is 1. The molecule has 1 fully saturated rings. The van der Waals surface area contributed by atoms with Crippen LogP contribution in [-0.4, -0.2) is 47.2 Å². The Morgan fingerprint density at radius 3 is 2.28 bits per heavy atom. The van der Waals surface area contributed by atoms with E-state index in [0.29, 0.717) is 29.1 Å². The number of amides is 1. The van der Waals surface area contributed by atoms with Crippen LogP contribution in [0, 0.1) is 25.7 Å². The van der Waals surface area contributed by atoms with Crippen molar-refractivity contribution in [2.75, 3.05) is 13.7 Å². The van der Waals surface area contributed by atoms with Gasteiger partial charge in [-0.15, -0.1) is 0 Å².